The number of methoxy groups -OCH3 is 1. The first kappa shape index (κ1) is 30.8. The van der Waals surface area contributed by atoms with Gasteiger partial charge in [0.05, 0.1) is 24.6 Å². The summed E-state index contributed by atoms with van der Waals surface area (Å²) in [4.78, 5) is 40.3. The molecule has 1 fully saturated rings. The Morgan fingerprint density at radius 1 is 1.14 bits per heavy atom. The molecule has 4 rings (SSSR count). The van der Waals surface area contributed by atoms with E-state index in [2.05, 4.69) is 5.32 Å². The van der Waals surface area contributed by atoms with Crippen LogP contribution in [-0.2, 0) is 24.3 Å². The number of esters is 1. The zero-order chi connectivity index (χ0) is 31.1. The van der Waals surface area contributed by atoms with Crippen molar-refractivity contribution >= 4 is 44.6 Å². The Kier molecular flexibility index (Phi) is 8.27. The van der Waals surface area contributed by atoms with Crippen LogP contribution in [0, 0.1) is 5.82 Å². The number of nitrogens with zero attached hydrogens (tertiary/aromatic N) is 2. The number of likely N-dealkylation sites (tertiary alicyclic amines) is 1. The summed E-state index contributed by atoms with van der Waals surface area (Å²) in [6.07, 6.45) is 0.439. The maximum atomic E-state index is 13.7. The number of benzene rings is 2. The minimum Gasteiger partial charge on any atom is -0.467 e. The molecule has 2 amide bonds. The zero-order valence-corrected chi connectivity index (χ0v) is 25.3. The third kappa shape index (κ3) is 6.06. The molecular formula is C29H34FN3O8S. The van der Waals surface area contributed by atoms with Gasteiger partial charge in [-0.15, -0.1) is 0 Å². The van der Waals surface area contributed by atoms with Gasteiger partial charge in [-0.2, -0.15) is 0 Å². The molecule has 3 aromatic rings. The summed E-state index contributed by atoms with van der Waals surface area (Å²) in [6, 6.07) is 7.59. The van der Waals surface area contributed by atoms with Gasteiger partial charge in [-0.3, -0.25) is 14.0 Å². The van der Waals surface area contributed by atoms with E-state index in [1.165, 1.54) is 56.4 Å². The molecule has 0 saturated carbocycles. The van der Waals surface area contributed by atoms with Crippen LogP contribution in [0.25, 0.3) is 22.3 Å². The van der Waals surface area contributed by atoms with Crippen LogP contribution in [0.15, 0.2) is 40.8 Å². The number of ether oxygens (including phenoxy) is 2. The summed E-state index contributed by atoms with van der Waals surface area (Å²) < 4.78 is 56.7. The number of amides is 2. The molecule has 0 spiro atoms. The van der Waals surface area contributed by atoms with Crippen molar-refractivity contribution in [3.63, 3.8) is 0 Å². The molecular weight excluding hydrogens is 569 g/mol. The number of hydrogen-bond acceptors (Lipinski definition) is 8. The lowest BCUT2D eigenvalue weighted by atomic mass is 9.92. The first-order chi connectivity index (χ1) is 19.6. The summed E-state index contributed by atoms with van der Waals surface area (Å²) >= 11 is 0. The number of anilines is 1. The van der Waals surface area contributed by atoms with Crippen molar-refractivity contribution in [2.45, 2.75) is 44.8 Å². The van der Waals surface area contributed by atoms with Gasteiger partial charge in [0, 0.05) is 43.6 Å². The Labute approximate surface area is 243 Å². The largest absolute Gasteiger partial charge is 0.467 e. The van der Waals surface area contributed by atoms with Gasteiger partial charge >= 0.3 is 12.1 Å². The lowest BCUT2D eigenvalue weighted by Gasteiger charge is -2.27. The fourth-order valence-electron chi connectivity index (χ4n) is 5.03. The van der Waals surface area contributed by atoms with Crippen molar-refractivity contribution in [1.29, 1.82) is 0 Å². The van der Waals surface area contributed by atoms with Gasteiger partial charge < -0.3 is 19.2 Å². The van der Waals surface area contributed by atoms with E-state index < -0.39 is 51.4 Å². The molecule has 13 heteroatoms. The molecule has 1 N–H and O–H groups in total. The van der Waals surface area contributed by atoms with Crippen molar-refractivity contribution in [3.8, 4) is 11.3 Å². The average Bonchev–Trinajstić information content (AvgIpc) is 3.52. The Hall–Kier alpha value is -4.13. The summed E-state index contributed by atoms with van der Waals surface area (Å²) in [7, 11) is 0.280. The van der Waals surface area contributed by atoms with Gasteiger partial charge in [0.15, 0.2) is 0 Å². The van der Waals surface area contributed by atoms with Gasteiger partial charge in [-0.1, -0.05) is 0 Å². The van der Waals surface area contributed by atoms with Gasteiger partial charge in [0.2, 0.25) is 10.0 Å². The Morgan fingerprint density at radius 3 is 2.33 bits per heavy atom. The maximum Gasteiger partial charge on any atom is 0.411 e. The van der Waals surface area contributed by atoms with Gasteiger partial charge in [-0.05, 0) is 63.1 Å². The van der Waals surface area contributed by atoms with Crippen LogP contribution in [0.3, 0.4) is 0 Å². The second-order valence-electron chi connectivity index (χ2n) is 11.1. The number of halogens is 1. The predicted octanol–water partition coefficient (Wildman–Crippen LogP) is 4.26. The number of hydrogen-bond donors (Lipinski definition) is 1. The van der Waals surface area contributed by atoms with Crippen LogP contribution in [0.5, 0.6) is 0 Å². The van der Waals surface area contributed by atoms with E-state index in [0.29, 0.717) is 16.5 Å². The lowest BCUT2D eigenvalue weighted by molar-refractivity contribution is -0.145. The van der Waals surface area contributed by atoms with Crippen molar-refractivity contribution in [3.05, 3.63) is 53.3 Å². The number of carbonyl (C=O) groups excluding carboxylic acids is 3. The fraction of sp³-hybridized carbons (Fsp3) is 0.414. The Balaban J connectivity index is 1.94. The summed E-state index contributed by atoms with van der Waals surface area (Å²) in [5.41, 5.74) is 0.703. The first-order valence-corrected chi connectivity index (χ1v) is 15.0. The molecule has 1 aliphatic heterocycles. The van der Waals surface area contributed by atoms with Crippen LogP contribution < -0.4 is 9.62 Å². The Morgan fingerprint density at radius 2 is 1.79 bits per heavy atom. The van der Waals surface area contributed by atoms with E-state index in [0.717, 1.165) is 10.6 Å². The number of sulfonamides is 1. The number of furan rings is 1. The molecule has 0 radical (unpaired) electrons. The maximum absolute atomic E-state index is 13.7. The molecule has 2 heterocycles. The topological polar surface area (TPSA) is 135 Å². The van der Waals surface area contributed by atoms with Crippen molar-refractivity contribution in [1.82, 2.24) is 10.2 Å². The van der Waals surface area contributed by atoms with Crippen LogP contribution in [0.1, 0.15) is 49.0 Å². The van der Waals surface area contributed by atoms with E-state index >= 15 is 0 Å². The quantitative estimate of drug-likeness (QED) is 0.413. The molecule has 2 unspecified atom stereocenters. The van der Waals surface area contributed by atoms with E-state index in [1.807, 2.05) is 0 Å². The molecule has 1 aromatic heterocycles. The van der Waals surface area contributed by atoms with E-state index in [-0.39, 0.29) is 35.6 Å². The van der Waals surface area contributed by atoms with E-state index in [9.17, 15) is 27.2 Å². The van der Waals surface area contributed by atoms with Crippen molar-refractivity contribution < 1.29 is 41.1 Å². The number of fused-ring (bicyclic) bond motifs is 1. The third-order valence-electron chi connectivity index (χ3n) is 7.08. The van der Waals surface area contributed by atoms with Gasteiger partial charge in [0.25, 0.3) is 5.91 Å². The van der Waals surface area contributed by atoms with Crippen molar-refractivity contribution in [2.24, 2.45) is 0 Å². The van der Waals surface area contributed by atoms with Crippen LogP contribution in [0.2, 0.25) is 0 Å². The molecule has 2 aromatic carbocycles. The van der Waals surface area contributed by atoms with Crippen LogP contribution in [0.4, 0.5) is 14.9 Å². The second kappa shape index (κ2) is 11.3. The highest BCUT2D eigenvalue weighted by Gasteiger charge is 2.44. The molecule has 0 aliphatic carbocycles. The molecule has 226 valence electrons. The molecule has 11 nitrogen and oxygen atoms in total. The molecule has 1 aliphatic rings. The lowest BCUT2D eigenvalue weighted by Crippen LogP contribution is -2.43. The SMILES string of the molecule is CNC(=O)c1c(-c2ccc(F)cc2)oc2cc(N(C)S(C)(=O)=O)c(C3CC(C(=O)OC)N(C(=O)OC(C)(C)C)C3)cc12. The molecule has 2 atom stereocenters. The highest BCUT2D eigenvalue weighted by Crippen LogP contribution is 2.43. The smallest absolute Gasteiger partial charge is 0.411 e. The van der Waals surface area contributed by atoms with Gasteiger partial charge in [0.1, 0.15) is 28.8 Å². The predicted molar refractivity (Wildman–Crippen MR) is 154 cm³/mol. The van der Waals surface area contributed by atoms with Crippen LogP contribution >= 0.6 is 0 Å². The minimum atomic E-state index is -3.77. The van der Waals surface area contributed by atoms with Crippen molar-refractivity contribution in [2.75, 3.05) is 38.3 Å². The normalized spacial score (nSPS) is 17.3. The highest BCUT2D eigenvalue weighted by atomic mass is 32.2. The van der Waals surface area contributed by atoms with E-state index in [1.54, 1.807) is 26.8 Å². The minimum absolute atomic E-state index is 0.0166. The average molecular weight is 604 g/mol. The standard InChI is InChI=1S/C29H34FN3O8S/c1-29(2,3)41-28(36)33-15-17(12-22(33)27(35)39-6)19-13-20-23(14-21(19)32(5)42(7,37)38)40-25(24(20)26(34)31-4)16-8-10-18(30)11-9-16/h8-11,13-14,17,22H,12,15H2,1-7H3,(H,31,34). The summed E-state index contributed by atoms with van der Waals surface area (Å²) in [6.45, 7) is 5.13. The molecule has 42 heavy (non-hydrogen) atoms. The van der Waals surface area contributed by atoms with Crippen LogP contribution in [-0.4, -0.2) is 76.9 Å². The molecule has 0 bridgehead atoms. The third-order valence-corrected chi connectivity index (χ3v) is 8.27. The molecule has 1 saturated heterocycles. The Bertz CT molecular complexity index is 1640. The number of carbonyl (C=O) groups is 3. The van der Waals surface area contributed by atoms with Gasteiger partial charge in [-0.25, -0.2) is 22.4 Å². The first-order valence-electron chi connectivity index (χ1n) is 13.2. The summed E-state index contributed by atoms with van der Waals surface area (Å²) in [5, 5.41) is 2.97. The fourth-order valence-corrected chi connectivity index (χ4v) is 5.54. The monoisotopic (exact) mass is 603 g/mol. The number of nitrogens with one attached hydrogen (secondary N) is 1. The van der Waals surface area contributed by atoms with E-state index in [4.69, 9.17) is 13.9 Å². The zero-order valence-electron chi connectivity index (χ0n) is 24.5. The number of rotatable bonds is 6. The second-order valence-corrected chi connectivity index (χ2v) is 13.1. The highest BCUT2D eigenvalue weighted by molar-refractivity contribution is 7.92. The summed E-state index contributed by atoms with van der Waals surface area (Å²) in [5.74, 6) is -1.96.